The first kappa shape index (κ1) is 20.1. The van der Waals surface area contributed by atoms with Crippen molar-refractivity contribution in [2.45, 2.75) is 6.92 Å². The molecule has 0 aromatic heterocycles. The fourth-order valence-corrected chi connectivity index (χ4v) is 3.82. The molecule has 0 N–H and O–H groups in total. The molecule has 0 bridgehead atoms. The Morgan fingerprint density at radius 1 is 0.900 bits per heavy atom. The van der Waals surface area contributed by atoms with Gasteiger partial charge in [-0.1, -0.05) is 53.0 Å². The number of carbonyl (C=O) groups excluding carboxylic acids is 3. The highest BCUT2D eigenvalue weighted by Gasteiger charge is 2.37. The van der Waals surface area contributed by atoms with Crippen LogP contribution in [0.4, 0.5) is 5.69 Å². The van der Waals surface area contributed by atoms with Crippen molar-refractivity contribution >= 4 is 46.6 Å². The molecule has 3 amide bonds. The number of halogens is 2. The predicted octanol–water partition coefficient (Wildman–Crippen LogP) is 5.20. The minimum atomic E-state index is -0.456. The van der Waals surface area contributed by atoms with Crippen LogP contribution in [0.3, 0.4) is 0 Å². The number of rotatable bonds is 4. The van der Waals surface area contributed by atoms with Crippen molar-refractivity contribution in [2.24, 2.45) is 0 Å². The molecule has 0 unspecified atom stereocenters. The highest BCUT2D eigenvalue weighted by Crippen LogP contribution is 2.32. The average Bonchev–Trinajstić information content (AvgIpc) is 2.97. The number of hydrogen-bond acceptors (Lipinski definition) is 3. The Kier molecular flexibility index (Phi) is 5.33. The smallest absolute Gasteiger partial charge is 0.263 e. The number of imide groups is 1. The van der Waals surface area contributed by atoms with Crippen molar-refractivity contribution in [1.29, 1.82) is 0 Å². The Balaban J connectivity index is 1.74. The summed E-state index contributed by atoms with van der Waals surface area (Å²) >= 11 is 12.4. The van der Waals surface area contributed by atoms with Crippen LogP contribution in [0.5, 0.6) is 0 Å². The Bertz CT molecular complexity index is 1140. The third-order valence-electron chi connectivity index (χ3n) is 4.91. The fourth-order valence-electron chi connectivity index (χ4n) is 3.31. The third-order valence-corrected chi connectivity index (χ3v) is 5.44. The van der Waals surface area contributed by atoms with E-state index in [1.807, 2.05) is 19.1 Å². The molecule has 0 saturated heterocycles. The number of carbonyl (C=O) groups is 3. The first-order valence-corrected chi connectivity index (χ1v) is 9.91. The number of fused-ring (bicyclic) bond motifs is 1. The van der Waals surface area contributed by atoms with Crippen LogP contribution >= 0.6 is 23.2 Å². The second kappa shape index (κ2) is 7.94. The van der Waals surface area contributed by atoms with E-state index in [0.717, 1.165) is 10.5 Å². The van der Waals surface area contributed by atoms with Gasteiger partial charge in [0.05, 0.1) is 21.8 Å². The molecule has 4 rings (SSSR count). The molecule has 0 fully saturated rings. The van der Waals surface area contributed by atoms with Gasteiger partial charge in [0.15, 0.2) is 0 Å². The van der Waals surface area contributed by atoms with Crippen LogP contribution in [0.15, 0.2) is 66.7 Å². The highest BCUT2D eigenvalue weighted by atomic mass is 35.5. The Morgan fingerprint density at radius 3 is 2.07 bits per heavy atom. The average molecular weight is 439 g/mol. The van der Waals surface area contributed by atoms with Gasteiger partial charge < -0.3 is 0 Å². The molecular weight excluding hydrogens is 423 g/mol. The van der Waals surface area contributed by atoms with Gasteiger partial charge in [-0.3, -0.25) is 24.2 Å². The van der Waals surface area contributed by atoms with E-state index in [2.05, 4.69) is 0 Å². The van der Waals surface area contributed by atoms with Crippen LogP contribution < -0.4 is 4.90 Å². The van der Waals surface area contributed by atoms with Gasteiger partial charge in [-0.2, -0.15) is 0 Å². The molecule has 5 nitrogen and oxygen atoms in total. The molecule has 3 aromatic carbocycles. The topological polar surface area (TPSA) is 57.7 Å². The Hall–Kier alpha value is -3.15. The monoisotopic (exact) mass is 438 g/mol. The summed E-state index contributed by atoms with van der Waals surface area (Å²) in [5.41, 5.74) is 2.38. The van der Waals surface area contributed by atoms with E-state index in [4.69, 9.17) is 23.2 Å². The van der Waals surface area contributed by atoms with Crippen molar-refractivity contribution in [3.05, 3.63) is 99.0 Å². The minimum absolute atomic E-state index is 0.236. The van der Waals surface area contributed by atoms with E-state index < -0.39 is 17.7 Å². The summed E-state index contributed by atoms with van der Waals surface area (Å²) in [6.45, 7) is 1.64. The molecule has 1 aliphatic rings. The quantitative estimate of drug-likeness (QED) is 0.525. The lowest BCUT2D eigenvalue weighted by Crippen LogP contribution is -2.44. The zero-order valence-electron chi connectivity index (χ0n) is 15.9. The Labute approximate surface area is 183 Å². The number of anilines is 1. The van der Waals surface area contributed by atoms with Crippen molar-refractivity contribution < 1.29 is 14.4 Å². The maximum absolute atomic E-state index is 13.4. The summed E-state index contributed by atoms with van der Waals surface area (Å²) in [6.07, 6.45) is 0. The summed E-state index contributed by atoms with van der Waals surface area (Å²) < 4.78 is 0. The lowest BCUT2D eigenvalue weighted by atomic mass is 10.1. The summed E-state index contributed by atoms with van der Waals surface area (Å²) in [5, 5.41) is 0.645. The highest BCUT2D eigenvalue weighted by molar-refractivity contribution is 6.37. The van der Waals surface area contributed by atoms with E-state index in [0.29, 0.717) is 27.4 Å². The van der Waals surface area contributed by atoms with Crippen molar-refractivity contribution in [1.82, 2.24) is 4.90 Å². The zero-order chi connectivity index (χ0) is 21.4. The van der Waals surface area contributed by atoms with Crippen molar-refractivity contribution in [2.75, 3.05) is 11.6 Å². The summed E-state index contributed by atoms with van der Waals surface area (Å²) in [5.74, 6) is -1.31. The molecule has 150 valence electrons. The van der Waals surface area contributed by atoms with E-state index in [9.17, 15) is 14.4 Å². The molecule has 0 spiro atoms. The van der Waals surface area contributed by atoms with Crippen LogP contribution in [0, 0.1) is 6.92 Å². The standard InChI is InChI=1S/C23H16Cl2N2O3/c1-14-6-8-15(9-7-14)21(28)26(20-11-10-16(24)12-19(20)25)13-27-22(29)17-4-2-3-5-18(17)23(27)30/h2-12H,13H2,1H3. The fraction of sp³-hybridized carbons (Fsp3) is 0.0870. The largest absolute Gasteiger partial charge is 0.288 e. The number of aryl methyl sites for hydroxylation is 1. The molecule has 0 radical (unpaired) electrons. The maximum Gasteiger partial charge on any atom is 0.263 e. The first-order chi connectivity index (χ1) is 14.4. The lowest BCUT2D eigenvalue weighted by molar-refractivity contribution is 0.0650. The van der Waals surface area contributed by atoms with E-state index in [1.54, 1.807) is 48.5 Å². The van der Waals surface area contributed by atoms with Crippen LogP contribution in [0.2, 0.25) is 10.0 Å². The minimum Gasteiger partial charge on any atom is -0.288 e. The molecule has 1 heterocycles. The zero-order valence-corrected chi connectivity index (χ0v) is 17.4. The lowest BCUT2D eigenvalue weighted by Gasteiger charge is -2.28. The van der Waals surface area contributed by atoms with Crippen LogP contribution in [0.1, 0.15) is 36.6 Å². The van der Waals surface area contributed by atoms with Gasteiger partial charge in [0.2, 0.25) is 0 Å². The number of benzene rings is 3. The van der Waals surface area contributed by atoms with Gasteiger partial charge >= 0.3 is 0 Å². The molecule has 0 aliphatic carbocycles. The van der Waals surface area contributed by atoms with Gasteiger partial charge in [0.25, 0.3) is 17.7 Å². The summed E-state index contributed by atoms with van der Waals surface area (Å²) in [6, 6.07) is 18.3. The Morgan fingerprint density at radius 2 is 1.50 bits per heavy atom. The van der Waals surface area contributed by atoms with Crippen molar-refractivity contribution in [3.63, 3.8) is 0 Å². The van der Waals surface area contributed by atoms with Crippen LogP contribution in [0.25, 0.3) is 0 Å². The summed E-state index contributed by atoms with van der Waals surface area (Å²) in [4.78, 5) is 41.4. The maximum atomic E-state index is 13.4. The number of nitrogens with zero attached hydrogens (tertiary/aromatic N) is 2. The molecule has 0 saturated carbocycles. The number of hydrogen-bond donors (Lipinski definition) is 0. The second-order valence-electron chi connectivity index (χ2n) is 6.92. The molecule has 7 heteroatoms. The molecule has 1 aliphatic heterocycles. The van der Waals surface area contributed by atoms with Crippen LogP contribution in [-0.2, 0) is 0 Å². The first-order valence-electron chi connectivity index (χ1n) is 9.15. The molecule has 0 atom stereocenters. The SMILES string of the molecule is Cc1ccc(C(=O)N(CN2C(=O)c3ccccc3C2=O)c2ccc(Cl)cc2Cl)cc1. The van der Waals surface area contributed by atoms with Gasteiger partial charge in [0, 0.05) is 10.6 Å². The van der Waals surface area contributed by atoms with E-state index >= 15 is 0 Å². The normalized spacial score (nSPS) is 12.8. The predicted molar refractivity (Wildman–Crippen MR) is 116 cm³/mol. The van der Waals surface area contributed by atoms with Gasteiger partial charge in [-0.05, 0) is 49.4 Å². The summed E-state index contributed by atoms with van der Waals surface area (Å²) in [7, 11) is 0. The van der Waals surface area contributed by atoms with E-state index in [-0.39, 0.29) is 11.7 Å². The molecule has 30 heavy (non-hydrogen) atoms. The van der Waals surface area contributed by atoms with Gasteiger partial charge in [-0.15, -0.1) is 0 Å². The van der Waals surface area contributed by atoms with Gasteiger partial charge in [-0.25, -0.2) is 0 Å². The van der Waals surface area contributed by atoms with Gasteiger partial charge in [0.1, 0.15) is 6.67 Å². The molecular formula is C23H16Cl2N2O3. The number of amides is 3. The third kappa shape index (κ3) is 3.58. The van der Waals surface area contributed by atoms with Crippen LogP contribution in [-0.4, -0.2) is 29.3 Å². The second-order valence-corrected chi connectivity index (χ2v) is 7.76. The molecule has 3 aromatic rings. The van der Waals surface area contributed by atoms with E-state index in [1.165, 1.54) is 11.0 Å². The van der Waals surface area contributed by atoms with Crippen molar-refractivity contribution in [3.8, 4) is 0 Å².